The van der Waals surface area contributed by atoms with Crippen molar-refractivity contribution in [1.29, 1.82) is 0 Å². The molecule has 0 aromatic heterocycles. The predicted octanol–water partition coefficient (Wildman–Crippen LogP) is -2.20. The zero-order valence-corrected chi connectivity index (χ0v) is 22.2. The van der Waals surface area contributed by atoms with Crippen molar-refractivity contribution >= 4 is 12.0 Å². The van der Waals surface area contributed by atoms with Gasteiger partial charge < -0.3 is 64.5 Å². The van der Waals surface area contributed by atoms with Crippen molar-refractivity contribution < 1.29 is 69.3 Å². The molecule has 0 bridgehead atoms. The summed E-state index contributed by atoms with van der Waals surface area (Å²) < 4.78 is 26.9. The van der Waals surface area contributed by atoms with Crippen LogP contribution >= 0.6 is 0 Å². The lowest BCUT2D eigenvalue weighted by Crippen LogP contribution is -2.60. The summed E-state index contributed by atoms with van der Waals surface area (Å²) in [7, 11) is 0. The fourth-order valence-electron chi connectivity index (χ4n) is 4.29. The van der Waals surface area contributed by atoms with Crippen LogP contribution < -0.4 is 9.47 Å². The molecule has 8 N–H and O–H groups in total. The first kappa shape index (κ1) is 31.8. The number of hydrogen-bond donors (Lipinski definition) is 8. The third-order valence-electron chi connectivity index (χ3n) is 6.80. The van der Waals surface area contributed by atoms with Crippen molar-refractivity contribution in [3.63, 3.8) is 0 Å². The van der Waals surface area contributed by atoms with Crippen LogP contribution in [0.1, 0.15) is 11.1 Å². The molecule has 2 fully saturated rings. The molecule has 0 radical (unpaired) electrons. The molecular weight excluding hydrogens is 560 g/mol. The van der Waals surface area contributed by atoms with Gasteiger partial charge in [-0.15, -0.1) is 0 Å². The molecule has 2 heterocycles. The SMILES string of the molecule is O=C(/C=C/c1ccc(O[C@H]2O[C@@H](CO)[C@H](O)[C@@H](O)[C@@H]2O)cc1)OCc1ccc(O[C@H]2O[C@@H](CO)[C@H](O)[C@@H](O)[C@@H]2O)cc1. The van der Waals surface area contributed by atoms with Gasteiger partial charge in [0.05, 0.1) is 13.2 Å². The maximum absolute atomic E-state index is 12.2. The van der Waals surface area contributed by atoms with Crippen molar-refractivity contribution in [2.45, 2.75) is 68.0 Å². The van der Waals surface area contributed by atoms with Gasteiger partial charge in [-0.25, -0.2) is 4.79 Å². The molecule has 0 spiro atoms. The van der Waals surface area contributed by atoms with Crippen molar-refractivity contribution in [1.82, 2.24) is 0 Å². The molecule has 2 saturated heterocycles. The highest BCUT2D eigenvalue weighted by Crippen LogP contribution is 2.26. The number of aliphatic hydroxyl groups is 8. The average molecular weight is 595 g/mol. The van der Waals surface area contributed by atoms with Crippen LogP contribution in [0.4, 0.5) is 0 Å². The molecule has 0 amide bonds. The van der Waals surface area contributed by atoms with Crippen molar-refractivity contribution in [3.8, 4) is 11.5 Å². The number of carbonyl (C=O) groups is 1. The normalized spacial score (nSPS) is 33.3. The van der Waals surface area contributed by atoms with Crippen LogP contribution in [0, 0.1) is 0 Å². The van der Waals surface area contributed by atoms with Gasteiger partial charge in [-0.1, -0.05) is 24.3 Å². The molecular formula is C28H34O14. The summed E-state index contributed by atoms with van der Waals surface area (Å²) in [6.07, 6.45) is -11.3. The van der Waals surface area contributed by atoms with E-state index in [1.807, 2.05) is 0 Å². The monoisotopic (exact) mass is 594 g/mol. The fraction of sp³-hybridized carbons (Fsp3) is 0.464. The second-order valence-corrected chi connectivity index (χ2v) is 9.78. The van der Waals surface area contributed by atoms with Crippen LogP contribution in [-0.4, -0.2) is 121 Å². The molecule has 4 rings (SSSR count). The number of benzene rings is 2. The zero-order chi connectivity index (χ0) is 30.4. The van der Waals surface area contributed by atoms with Gasteiger partial charge in [0, 0.05) is 6.08 Å². The molecule has 230 valence electrons. The van der Waals surface area contributed by atoms with Crippen LogP contribution in [-0.2, 0) is 25.6 Å². The minimum absolute atomic E-state index is 0.0463. The van der Waals surface area contributed by atoms with Gasteiger partial charge in [0.2, 0.25) is 12.6 Å². The van der Waals surface area contributed by atoms with E-state index in [9.17, 15) is 45.6 Å². The third kappa shape index (κ3) is 7.62. The summed E-state index contributed by atoms with van der Waals surface area (Å²) in [5.74, 6) is -0.0652. The fourth-order valence-corrected chi connectivity index (χ4v) is 4.29. The quantitative estimate of drug-likeness (QED) is 0.108. The van der Waals surface area contributed by atoms with Crippen molar-refractivity contribution in [2.24, 2.45) is 0 Å². The van der Waals surface area contributed by atoms with E-state index in [2.05, 4.69) is 0 Å². The van der Waals surface area contributed by atoms with Crippen molar-refractivity contribution in [3.05, 3.63) is 65.7 Å². The van der Waals surface area contributed by atoms with E-state index in [1.165, 1.54) is 24.3 Å². The number of rotatable bonds is 10. The van der Waals surface area contributed by atoms with Gasteiger partial charge in [-0.3, -0.25) is 0 Å². The van der Waals surface area contributed by atoms with Crippen LogP contribution in [0.15, 0.2) is 54.6 Å². The zero-order valence-electron chi connectivity index (χ0n) is 22.2. The predicted molar refractivity (Wildman–Crippen MR) is 141 cm³/mol. The topological polar surface area (TPSA) is 225 Å². The average Bonchev–Trinajstić information content (AvgIpc) is 3.00. The Labute approximate surface area is 240 Å². The molecule has 42 heavy (non-hydrogen) atoms. The first-order chi connectivity index (χ1) is 20.1. The maximum atomic E-state index is 12.2. The minimum Gasteiger partial charge on any atom is -0.462 e. The lowest BCUT2D eigenvalue weighted by molar-refractivity contribution is -0.277. The summed E-state index contributed by atoms with van der Waals surface area (Å²) in [4.78, 5) is 12.2. The standard InChI is InChI=1S/C28H34O14/c29-11-18-21(32)23(34)25(36)27(41-18)39-16-6-1-14(2-7-16)5-10-20(31)38-13-15-3-8-17(9-4-15)40-28-26(37)24(35)22(33)19(12-30)42-28/h1-10,18-19,21-30,32-37H,11-13H2/b10-5+/t18-,19-,21-,22-,23+,24+,25-,26-,27-,28-/m0/s1. The highest BCUT2D eigenvalue weighted by Gasteiger charge is 2.45. The largest absolute Gasteiger partial charge is 0.462 e. The lowest BCUT2D eigenvalue weighted by Gasteiger charge is -2.39. The summed E-state index contributed by atoms with van der Waals surface area (Å²) in [6, 6.07) is 12.6. The number of esters is 1. The van der Waals surface area contributed by atoms with Crippen LogP contribution in [0.2, 0.25) is 0 Å². The van der Waals surface area contributed by atoms with E-state index in [4.69, 9.17) is 23.7 Å². The number of aliphatic hydroxyl groups excluding tert-OH is 8. The van der Waals surface area contributed by atoms with Gasteiger partial charge in [0.1, 0.15) is 66.9 Å². The van der Waals surface area contributed by atoms with Gasteiger partial charge >= 0.3 is 5.97 Å². The molecule has 2 aliphatic heterocycles. The van der Waals surface area contributed by atoms with Crippen LogP contribution in [0.25, 0.3) is 6.08 Å². The maximum Gasteiger partial charge on any atom is 0.331 e. The number of ether oxygens (including phenoxy) is 5. The van der Waals surface area contributed by atoms with E-state index in [-0.39, 0.29) is 18.1 Å². The van der Waals surface area contributed by atoms with E-state index in [0.29, 0.717) is 11.1 Å². The van der Waals surface area contributed by atoms with Gasteiger partial charge in [-0.2, -0.15) is 0 Å². The molecule has 0 saturated carbocycles. The Bertz CT molecular complexity index is 1170. The smallest absolute Gasteiger partial charge is 0.331 e. The summed E-state index contributed by atoms with van der Waals surface area (Å²) in [6.45, 7) is -1.19. The molecule has 0 unspecified atom stereocenters. The Balaban J connectivity index is 1.23. The highest BCUT2D eigenvalue weighted by atomic mass is 16.7. The molecule has 2 aromatic carbocycles. The Hall–Kier alpha value is -3.15. The van der Waals surface area contributed by atoms with E-state index in [0.717, 1.165) is 0 Å². The van der Waals surface area contributed by atoms with Crippen LogP contribution in [0.5, 0.6) is 11.5 Å². The minimum atomic E-state index is -1.56. The van der Waals surface area contributed by atoms with E-state index < -0.39 is 80.6 Å². The van der Waals surface area contributed by atoms with E-state index in [1.54, 1.807) is 36.4 Å². The number of hydrogen-bond acceptors (Lipinski definition) is 14. The second-order valence-electron chi connectivity index (χ2n) is 9.78. The highest BCUT2D eigenvalue weighted by molar-refractivity contribution is 5.87. The summed E-state index contributed by atoms with van der Waals surface area (Å²) in [5, 5.41) is 78.2. The van der Waals surface area contributed by atoms with Gasteiger partial charge in [-0.05, 0) is 41.5 Å². The first-order valence-electron chi connectivity index (χ1n) is 13.1. The van der Waals surface area contributed by atoms with E-state index >= 15 is 0 Å². The Morgan fingerprint density at radius 2 is 1.12 bits per heavy atom. The molecule has 10 atom stereocenters. The van der Waals surface area contributed by atoms with Crippen LogP contribution in [0.3, 0.4) is 0 Å². The van der Waals surface area contributed by atoms with Gasteiger partial charge in [0.15, 0.2) is 0 Å². The molecule has 14 heteroatoms. The Morgan fingerprint density at radius 3 is 1.57 bits per heavy atom. The number of carbonyl (C=O) groups excluding carboxylic acids is 1. The first-order valence-corrected chi connectivity index (χ1v) is 13.1. The Kier molecular flexibility index (Phi) is 10.9. The molecule has 2 aliphatic rings. The lowest BCUT2D eigenvalue weighted by atomic mass is 9.99. The van der Waals surface area contributed by atoms with Crippen molar-refractivity contribution in [2.75, 3.05) is 13.2 Å². The molecule has 14 nitrogen and oxygen atoms in total. The summed E-state index contributed by atoms with van der Waals surface area (Å²) >= 11 is 0. The molecule has 0 aliphatic carbocycles. The van der Waals surface area contributed by atoms with Gasteiger partial charge in [0.25, 0.3) is 0 Å². The Morgan fingerprint density at radius 1 is 0.667 bits per heavy atom. The third-order valence-corrected chi connectivity index (χ3v) is 6.80. The summed E-state index contributed by atoms with van der Waals surface area (Å²) in [5.41, 5.74) is 1.26. The molecule has 2 aromatic rings. The second kappa shape index (κ2) is 14.3.